The van der Waals surface area contributed by atoms with Crippen LogP contribution in [0.25, 0.3) is 0 Å². The summed E-state index contributed by atoms with van der Waals surface area (Å²) < 4.78 is 2.10. The molecule has 1 rings (SSSR count). The average Bonchev–Trinajstić information content (AvgIpc) is 2.71. The molecule has 0 fully saturated rings. The molecule has 1 atom stereocenters. The second-order valence-corrected chi connectivity index (χ2v) is 6.23. The van der Waals surface area contributed by atoms with Crippen LogP contribution in [0.15, 0.2) is 12.5 Å². The molecule has 1 unspecified atom stereocenters. The molecule has 0 spiro atoms. The number of hydrogen-bond acceptors (Lipinski definition) is 3. The highest BCUT2D eigenvalue weighted by molar-refractivity contribution is 5.81. The average molecular weight is 266 g/mol. The Bertz CT molecular complexity index is 417. The molecular weight excluding hydrogens is 240 g/mol. The van der Waals surface area contributed by atoms with Gasteiger partial charge >= 0.3 is 0 Å². The molecule has 1 amide bonds. The Morgan fingerprint density at radius 1 is 1.37 bits per heavy atom. The highest BCUT2D eigenvalue weighted by Crippen LogP contribution is 2.08. The van der Waals surface area contributed by atoms with Crippen molar-refractivity contribution in [2.24, 2.45) is 0 Å². The SMILES string of the molecule is CC(NCc1cncn1C(C)C)C(=O)NC(C)(C)C. The van der Waals surface area contributed by atoms with Crippen LogP contribution in [-0.4, -0.2) is 27.0 Å². The molecular formula is C14H26N4O. The van der Waals surface area contributed by atoms with Crippen molar-refractivity contribution in [1.82, 2.24) is 20.2 Å². The smallest absolute Gasteiger partial charge is 0.237 e. The quantitative estimate of drug-likeness (QED) is 0.855. The summed E-state index contributed by atoms with van der Waals surface area (Å²) >= 11 is 0. The summed E-state index contributed by atoms with van der Waals surface area (Å²) in [4.78, 5) is 16.1. The molecule has 0 aromatic carbocycles. The number of imidazole rings is 1. The van der Waals surface area contributed by atoms with Gasteiger partial charge in [-0.05, 0) is 41.5 Å². The van der Waals surface area contributed by atoms with E-state index in [1.54, 1.807) is 0 Å². The number of carbonyl (C=O) groups is 1. The maximum Gasteiger partial charge on any atom is 0.237 e. The summed E-state index contributed by atoms with van der Waals surface area (Å²) in [5.41, 5.74) is 0.887. The Morgan fingerprint density at radius 2 is 2.00 bits per heavy atom. The molecule has 5 nitrogen and oxygen atoms in total. The van der Waals surface area contributed by atoms with E-state index < -0.39 is 0 Å². The summed E-state index contributed by atoms with van der Waals surface area (Å²) in [5.74, 6) is 0.0168. The maximum absolute atomic E-state index is 11.9. The van der Waals surface area contributed by atoms with Crippen LogP contribution >= 0.6 is 0 Å². The van der Waals surface area contributed by atoms with Crippen molar-refractivity contribution in [3.05, 3.63) is 18.2 Å². The van der Waals surface area contributed by atoms with Crippen LogP contribution in [0.3, 0.4) is 0 Å². The second kappa shape index (κ2) is 6.19. The Labute approximate surface area is 115 Å². The van der Waals surface area contributed by atoms with Gasteiger partial charge in [0.1, 0.15) is 0 Å². The Morgan fingerprint density at radius 3 is 2.53 bits per heavy atom. The molecule has 0 saturated heterocycles. The zero-order valence-corrected chi connectivity index (χ0v) is 12.8. The van der Waals surface area contributed by atoms with Gasteiger partial charge in [-0.25, -0.2) is 4.98 Å². The van der Waals surface area contributed by atoms with Crippen LogP contribution in [0, 0.1) is 0 Å². The molecule has 0 radical (unpaired) electrons. The van der Waals surface area contributed by atoms with Crippen molar-refractivity contribution >= 4 is 5.91 Å². The largest absolute Gasteiger partial charge is 0.350 e. The maximum atomic E-state index is 11.9. The zero-order chi connectivity index (χ0) is 14.6. The van der Waals surface area contributed by atoms with Crippen LogP contribution in [0.4, 0.5) is 0 Å². The van der Waals surface area contributed by atoms with E-state index in [0.717, 1.165) is 5.69 Å². The van der Waals surface area contributed by atoms with Gasteiger partial charge in [0.2, 0.25) is 5.91 Å². The number of rotatable bonds is 5. The molecule has 5 heteroatoms. The highest BCUT2D eigenvalue weighted by Gasteiger charge is 2.19. The number of nitrogens with one attached hydrogen (secondary N) is 2. The zero-order valence-electron chi connectivity index (χ0n) is 12.8. The van der Waals surface area contributed by atoms with Crippen molar-refractivity contribution in [1.29, 1.82) is 0 Å². The molecule has 108 valence electrons. The lowest BCUT2D eigenvalue weighted by Gasteiger charge is -2.24. The van der Waals surface area contributed by atoms with Crippen LogP contribution in [0.5, 0.6) is 0 Å². The lowest BCUT2D eigenvalue weighted by molar-refractivity contribution is -0.124. The predicted molar refractivity (Wildman–Crippen MR) is 76.8 cm³/mol. The van der Waals surface area contributed by atoms with E-state index in [9.17, 15) is 4.79 Å². The van der Waals surface area contributed by atoms with Crippen molar-refractivity contribution in [2.75, 3.05) is 0 Å². The third kappa shape index (κ3) is 5.03. The molecule has 0 aliphatic carbocycles. The summed E-state index contributed by atoms with van der Waals surface area (Å²) in [6.07, 6.45) is 3.66. The molecule has 1 aromatic rings. The van der Waals surface area contributed by atoms with E-state index in [2.05, 4.69) is 34.0 Å². The van der Waals surface area contributed by atoms with Gasteiger partial charge in [0.25, 0.3) is 0 Å². The van der Waals surface area contributed by atoms with E-state index in [-0.39, 0.29) is 17.5 Å². The molecule has 1 heterocycles. The molecule has 0 bridgehead atoms. The van der Waals surface area contributed by atoms with Gasteiger partial charge in [-0.2, -0.15) is 0 Å². The van der Waals surface area contributed by atoms with Crippen LogP contribution in [0.2, 0.25) is 0 Å². The Kier molecular flexibility index (Phi) is 5.11. The van der Waals surface area contributed by atoms with E-state index in [1.807, 2.05) is 40.2 Å². The number of hydrogen-bond donors (Lipinski definition) is 2. The van der Waals surface area contributed by atoms with Crippen LogP contribution in [-0.2, 0) is 11.3 Å². The minimum Gasteiger partial charge on any atom is -0.350 e. The minimum atomic E-state index is -0.227. The molecule has 0 saturated carbocycles. The van der Waals surface area contributed by atoms with E-state index in [0.29, 0.717) is 12.6 Å². The summed E-state index contributed by atoms with van der Waals surface area (Å²) in [6, 6.07) is 0.146. The van der Waals surface area contributed by atoms with E-state index >= 15 is 0 Å². The first-order valence-electron chi connectivity index (χ1n) is 6.77. The van der Waals surface area contributed by atoms with Gasteiger partial charge in [-0.15, -0.1) is 0 Å². The lowest BCUT2D eigenvalue weighted by atomic mass is 10.1. The first-order valence-corrected chi connectivity index (χ1v) is 6.77. The number of carbonyl (C=O) groups excluding carboxylic acids is 1. The third-order valence-electron chi connectivity index (χ3n) is 2.78. The normalized spacial score (nSPS) is 13.6. The van der Waals surface area contributed by atoms with Gasteiger partial charge in [-0.1, -0.05) is 0 Å². The fourth-order valence-corrected chi connectivity index (χ4v) is 1.76. The Hall–Kier alpha value is -1.36. The molecule has 2 N–H and O–H groups in total. The van der Waals surface area contributed by atoms with Gasteiger partial charge in [-0.3, -0.25) is 4.79 Å². The van der Waals surface area contributed by atoms with Crippen LogP contribution in [0.1, 0.15) is 53.3 Å². The van der Waals surface area contributed by atoms with Crippen LogP contribution < -0.4 is 10.6 Å². The number of amides is 1. The molecule has 19 heavy (non-hydrogen) atoms. The molecule has 0 aliphatic rings. The number of nitrogens with zero attached hydrogens (tertiary/aromatic N) is 2. The third-order valence-corrected chi connectivity index (χ3v) is 2.78. The van der Waals surface area contributed by atoms with Crippen molar-refractivity contribution in [2.45, 2.75) is 65.7 Å². The monoisotopic (exact) mass is 266 g/mol. The standard InChI is InChI=1S/C14H26N4O/c1-10(2)18-9-15-7-12(18)8-16-11(3)13(19)17-14(4,5)6/h7,9-11,16H,8H2,1-6H3,(H,17,19). The fourth-order valence-electron chi connectivity index (χ4n) is 1.76. The molecule has 1 aromatic heterocycles. The topological polar surface area (TPSA) is 59.0 Å². The summed E-state index contributed by atoms with van der Waals surface area (Å²) in [7, 11) is 0. The second-order valence-electron chi connectivity index (χ2n) is 6.23. The van der Waals surface area contributed by atoms with Gasteiger partial charge in [0.05, 0.1) is 18.1 Å². The first kappa shape index (κ1) is 15.7. The van der Waals surface area contributed by atoms with Gasteiger partial charge in [0.15, 0.2) is 0 Å². The fraction of sp³-hybridized carbons (Fsp3) is 0.714. The van der Waals surface area contributed by atoms with Gasteiger partial charge in [0, 0.05) is 24.3 Å². The minimum absolute atomic E-state index is 0.0168. The van der Waals surface area contributed by atoms with Gasteiger partial charge < -0.3 is 15.2 Å². The Balaban J connectivity index is 2.52. The predicted octanol–water partition coefficient (Wildman–Crippen LogP) is 1.86. The van der Waals surface area contributed by atoms with Crippen molar-refractivity contribution in [3.8, 4) is 0 Å². The van der Waals surface area contributed by atoms with Crippen molar-refractivity contribution in [3.63, 3.8) is 0 Å². The molecule has 0 aliphatic heterocycles. The number of aromatic nitrogens is 2. The first-order chi connectivity index (χ1) is 8.70. The van der Waals surface area contributed by atoms with E-state index in [1.165, 1.54) is 0 Å². The summed E-state index contributed by atoms with van der Waals surface area (Å²) in [6.45, 7) is 12.7. The van der Waals surface area contributed by atoms with Crippen molar-refractivity contribution < 1.29 is 4.79 Å². The highest BCUT2D eigenvalue weighted by atomic mass is 16.2. The van der Waals surface area contributed by atoms with E-state index in [4.69, 9.17) is 0 Å². The lowest BCUT2D eigenvalue weighted by Crippen LogP contribution is -2.49. The summed E-state index contributed by atoms with van der Waals surface area (Å²) in [5, 5.41) is 6.19.